The van der Waals surface area contributed by atoms with Gasteiger partial charge in [-0.2, -0.15) is 0 Å². The molecule has 0 amide bonds. The summed E-state index contributed by atoms with van der Waals surface area (Å²) >= 11 is 0. The number of rotatable bonds is 2. The molecule has 0 fully saturated rings. The van der Waals surface area contributed by atoms with Crippen LogP contribution in [-0.4, -0.2) is 0 Å². The van der Waals surface area contributed by atoms with Gasteiger partial charge in [-0.15, -0.1) is 0 Å². The van der Waals surface area contributed by atoms with Crippen molar-refractivity contribution >= 4 is 5.69 Å². The SMILES string of the molecule is Cc1ccc(Cc2ccc(C)c(N)c2)cc1. The summed E-state index contributed by atoms with van der Waals surface area (Å²) in [6.45, 7) is 4.14. The van der Waals surface area contributed by atoms with Crippen molar-refractivity contribution < 1.29 is 0 Å². The molecule has 1 nitrogen and oxygen atoms in total. The highest BCUT2D eigenvalue weighted by molar-refractivity contribution is 5.49. The molecule has 0 bridgehead atoms. The Balaban J connectivity index is 2.20. The first-order chi connectivity index (χ1) is 7.65. The van der Waals surface area contributed by atoms with Crippen LogP contribution in [0.3, 0.4) is 0 Å². The van der Waals surface area contributed by atoms with Gasteiger partial charge in [0.15, 0.2) is 0 Å². The summed E-state index contributed by atoms with van der Waals surface area (Å²) in [6, 6.07) is 14.9. The van der Waals surface area contributed by atoms with E-state index in [1.165, 1.54) is 16.7 Å². The maximum Gasteiger partial charge on any atom is 0.0346 e. The van der Waals surface area contributed by atoms with Gasteiger partial charge in [0.1, 0.15) is 0 Å². The molecule has 0 aromatic heterocycles. The molecule has 0 unspecified atom stereocenters. The highest BCUT2D eigenvalue weighted by Crippen LogP contribution is 2.16. The lowest BCUT2D eigenvalue weighted by atomic mass is 10.0. The van der Waals surface area contributed by atoms with Gasteiger partial charge in [0.2, 0.25) is 0 Å². The van der Waals surface area contributed by atoms with Crippen LogP contribution in [0, 0.1) is 13.8 Å². The van der Waals surface area contributed by atoms with Crippen LogP contribution in [0.1, 0.15) is 22.3 Å². The lowest BCUT2D eigenvalue weighted by Crippen LogP contribution is -1.93. The van der Waals surface area contributed by atoms with Crippen molar-refractivity contribution in [3.05, 3.63) is 64.7 Å². The second kappa shape index (κ2) is 4.40. The minimum Gasteiger partial charge on any atom is -0.399 e. The minimum atomic E-state index is 0.879. The average Bonchev–Trinajstić information content (AvgIpc) is 2.27. The summed E-state index contributed by atoms with van der Waals surface area (Å²) in [7, 11) is 0. The van der Waals surface area contributed by atoms with Gasteiger partial charge in [0.05, 0.1) is 0 Å². The summed E-state index contributed by atoms with van der Waals surface area (Å²) in [4.78, 5) is 0. The number of benzene rings is 2. The number of hydrogen-bond acceptors (Lipinski definition) is 1. The first kappa shape index (κ1) is 10.7. The van der Waals surface area contributed by atoms with E-state index in [9.17, 15) is 0 Å². The molecule has 0 heterocycles. The molecule has 82 valence electrons. The van der Waals surface area contributed by atoms with E-state index in [2.05, 4.69) is 49.4 Å². The molecule has 2 rings (SSSR count). The van der Waals surface area contributed by atoms with Gasteiger partial charge in [0.25, 0.3) is 0 Å². The predicted molar refractivity (Wildman–Crippen MR) is 69.6 cm³/mol. The van der Waals surface area contributed by atoms with Crippen LogP contribution in [-0.2, 0) is 6.42 Å². The van der Waals surface area contributed by atoms with Crippen molar-refractivity contribution in [3.8, 4) is 0 Å². The van der Waals surface area contributed by atoms with Gasteiger partial charge >= 0.3 is 0 Å². The summed E-state index contributed by atoms with van der Waals surface area (Å²) in [6.07, 6.45) is 0.949. The topological polar surface area (TPSA) is 26.0 Å². The third kappa shape index (κ3) is 2.43. The van der Waals surface area contributed by atoms with Crippen LogP contribution in [0.5, 0.6) is 0 Å². The van der Waals surface area contributed by atoms with E-state index in [1.807, 2.05) is 6.92 Å². The highest BCUT2D eigenvalue weighted by atomic mass is 14.5. The van der Waals surface area contributed by atoms with Crippen molar-refractivity contribution in [1.82, 2.24) is 0 Å². The van der Waals surface area contributed by atoms with Gasteiger partial charge < -0.3 is 5.73 Å². The number of hydrogen-bond donors (Lipinski definition) is 1. The molecule has 0 aliphatic rings. The van der Waals surface area contributed by atoms with E-state index in [0.29, 0.717) is 0 Å². The largest absolute Gasteiger partial charge is 0.399 e. The van der Waals surface area contributed by atoms with Crippen molar-refractivity contribution in [3.63, 3.8) is 0 Å². The third-order valence-corrected chi connectivity index (χ3v) is 2.87. The van der Waals surface area contributed by atoms with Crippen molar-refractivity contribution in [2.45, 2.75) is 20.3 Å². The van der Waals surface area contributed by atoms with Gasteiger partial charge in [-0.3, -0.25) is 0 Å². The Morgan fingerprint density at radius 1 is 0.875 bits per heavy atom. The third-order valence-electron chi connectivity index (χ3n) is 2.87. The van der Waals surface area contributed by atoms with Gasteiger partial charge in [-0.1, -0.05) is 42.0 Å². The van der Waals surface area contributed by atoms with Crippen LogP contribution in [0.15, 0.2) is 42.5 Å². The van der Waals surface area contributed by atoms with E-state index in [-0.39, 0.29) is 0 Å². The molecule has 2 aromatic rings. The van der Waals surface area contributed by atoms with Gasteiger partial charge in [-0.05, 0) is 43.0 Å². The number of anilines is 1. The van der Waals surface area contributed by atoms with E-state index in [0.717, 1.165) is 17.7 Å². The smallest absolute Gasteiger partial charge is 0.0346 e. The molecular weight excluding hydrogens is 194 g/mol. The van der Waals surface area contributed by atoms with Gasteiger partial charge in [0, 0.05) is 5.69 Å². The van der Waals surface area contributed by atoms with E-state index < -0.39 is 0 Å². The Bertz CT molecular complexity index is 483. The predicted octanol–water partition coefficient (Wildman–Crippen LogP) is 3.48. The monoisotopic (exact) mass is 211 g/mol. The van der Waals surface area contributed by atoms with Crippen LogP contribution in [0.25, 0.3) is 0 Å². The Morgan fingerprint density at radius 2 is 1.50 bits per heavy atom. The maximum absolute atomic E-state index is 5.90. The molecule has 2 aromatic carbocycles. The molecule has 0 spiro atoms. The van der Waals surface area contributed by atoms with Crippen LogP contribution in [0.4, 0.5) is 5.69 Å². The maximum atomic E-state index is 5.90. The molecule has 0 saturated carbocycles. The second-order valence-electron chi connectivity index (χ2n) is 4.35. The fraction of sp³-hybridized carbons (Fsp3) is 0.200. The van der Waals surface area contributed by atoms with Crippen molar-refractivity contribution in [2.24, 2.45) is 0 Å². The fourth-order valence-corrected chi connectivity index (χ4v) is 1.74. The summed E-state index contributed by atoms with van der Waals surface area (Å²) in [5, 5.41) is 0. The van der Waals surface area contributed by atoms with E-state index in [4.69, 9.17) is 5.73 Å². The number of aryl methyl sites for hydroxylation is 2. The standard InChI is InChI=1S/C15H17N/c1-11-3-6-13(7-4-11)9-14-8-5-12(2)15(16)10-14/h3-8,10H,9,16H2,1-2H3. The Morgan fingerprint density at radius 3 is 2.12 bits per heavy atom. The molecular formula is C15H17N. The molecule has 0 atom stereocenters. The molecule has 1 heteroatoms. The summed E-state index contributed by atoms with van der Waals surface area (Å²) in [5.41, 5.74) is 11.8. The minimum absolute atomic E-state index is 0.879. The molecule has 0 radical (unpaired) electrons. The quantitative estimate of drug-likeness (QED) is 0.756. The molecule has 0 aliphatic heterocycles. The first-order valence-corrected chi connectivity index (χ1v) is 5.56. The van der Waals surface area contributed by atoms with E-state index >= 15 is 0 Å². The van der Waals surface area contributed by atoms with Gasteiger partial charge in [-0.25, -0.2) is 0 Å². The Kier molecular flexibility index (Phi) is 2.95. The lowest BCUT2D eigenvalue weighted by Gasteiger charge is -2.05. The molecule has 0 aliphatic carbocycles. The molecule has 16 heavy (non-hydrogen) atoms. The van der Waals surface area contributed by atoms with Crippen LogP contribution in [0.2, 0.25) is 0 Å². The summed E-state index contributed by atoms with van der Waals surface area (Å²) in [5.74, 6) is 0. The van der Waals surface area contributed by atoms with Crippen LogP contribution >= 0.6 is 0 Å². The molecule has 0 saturated heterocycles. The normalized spacial score (nSPS) is 10.4. The zero-order chi connectivity index (χ0) is 11.5. The Labute approximate surface area is 96.9 Å². The first-order valence-electron chi connectivity index (χ1n) is 5.56. The zero-order valence-corrected chi connectivity index (χ0v) is 9.83. The van der Waals surface area contributed by atoms with Crippen LogP contribution < -0.4 is 5.73 Å². The molecule has 2 N–H and O–H groups in total. The number of nitrogens with two attached hydrogens (primary N) is 1. The number of nitrogen functional groups attached to an aromatic ring is 1. The average molecular weight is 211 g/mol. The highest BCUT2D eigenvalue weighted by Gasteiger charge is 1.99. The second-order valence-corrected chi connectivity index (χ2v) is 4.35. The summed E-state index contributed by atoms with van der Waals surface area (Å²) < 4.78 is 0. The van der Waals surface area contributed by atoms with Crippen molar-refractivity contribution in [1.29, 1.82) is 0 Å². The lowest BCUT2D eigenvalue weighted by molar-refractivity contribution is 1.18. The van der Waals surface area contributed by atoms with E-state index in [1.54, 1.807) is 0 Å². The fourth-order valence-electron chi connectivity index (χ4n) is 1.74. The van der Waals surface area contributed by atoms with Crippen molar-refractivity contribution in [2.75, 3.05) is 5.73 Å². The Hall–Kier alpha value is -1.76. The zero-order valence-electron chi connectivity index (χ0n) is 9.83.